The third-order valence-corrected chi connectivity index (χ3v) is 4.16. The summed E-state index contributed by atoms with van der Waals surface area (Å²) in [6.45, 7) is 11.2. The molecule has 0 spiro atoms. The van der Waals surface area contributed by atoms with Gasteiger partial charge in [0.2, 0.25) is 0 Å². The standard InChI is InChI=1S/C21H30O5S/c1-7-18(27)25-21(20(23)24-14(4)5)26-19(22)15(6)17-10-8-16(9-11-17)12-13(2)3/h8-11,13-15,21H,7,12H2,1-6H3. The Balaban J connectivity index is 2.83. The summed E-state index contributed by atoms with van der Waals surface area (Å²) >= 11 is 5.00. The van der Waals surface area contributed by atoms with Gasteiger partial charge in [0, 0.05) is 6.42 Å². The average Bonchev–Trinajstić information content (AvgIpc) is 2.59. The van der Waals surface area contributed by atoms with Crippen molar-refractivity contribution in [1.29, 1.82) is 0 Å². The van der Waals surface area contributed by atoms with Gasteiger partial charge in [0.1, 0.15) is 0 Å². The molecule has 1 rings (SSSR count). The molecule has 1 aromatic carbocycles. The van der Waals surface area contributed by atoms with Gasteiger partial charge in [0.15, 0.2) is 5.05 Å². The van der Waals surface area contributed by atoms with E-state index in [2.05, 4.69) is 13.8 Å². The van der Waals surface area contributed by atoms with Gasteiger partial charge < -0.3 is 14.2 Å². The predicted octanol–water partition coefficient (Wildman–Crippen LogP) is 4.56. The minimum absolute atomic E-state index is 0.180. The van der Waals surface area contributed by atoms with Crippen LogP contribution in [0.3, 0.4) is 0 Å². The molecule has 5 nitrogen and oxygen atoms in total. The van der Waals surface area contributed by atoms with Gasteiger partial charge in [-0.25, -0.2) is 4.79 Å². The first kappa shape index (κ1) is 23.1. The molecule has 2 unspecified atom stereocenters. The summed E-state index contributed by atoms with van der Waals surface area (Å²) in [6.07, 6.45) is -0.450. The fourth-order valence-corrected chi connectivity index (χ4v) is 2.46. The zero-order valence-corrected chi connectivity index (χ0v) is 17.8. The fraction of sp³-hybridized carbons (Fsp3) is 0.571. The van der Waals surface area contributed by atoms with Crippen molar-refractivity contribution in [2.75, 3.05) is 0 Å². The second-order valence-electron chi connectivity index (χ2n) is 7.16. The molecule has 0 aliphatic carbocycles. The summed E-state index contributed by atoms with van der Waals surface area (Å²) in [5, 5.41) is 0.180. The van der Waals surface area contributed by atoms with Crippen molar-refractivity contribution in [3.63, 3.8) is 0 Å². The predicted molar refractivity (Wildman–Crippen MR) is 108 cm³/mol. The number of benzene rings is 1. The van der Waals surface area contributed by atoms with Crippen LogP contribution in [0.2, 0.25) is 0 Å². The van der Waals surface area contributed by atoms with Crippen molar-refractivity contribution in [3.8, 4) is 0 Å². The SMILES string of the molecule is CCC(=S)OC(OC(=O)C(C)c1ccc(CC(C)C)cc1)C(=O)OC(C)C. The summed E-state index contributed by atoms with van der Waals surface area (Å²) in [4.78, 5) is 24.7. The van der Waals surface area contributed by atoms with E-state index in [9.17, 15) is 9.59 Å². The molecular weight excluding hydrogens is 364 g/mol. The normalized spacial score (nSPS) is 13.2. The molecule has 0 heterocycles. The summed E-state index contributed by atoms with van der Waals surface area (Å²) in [6, 6.07) is 7.82. The van der Waals surface area contributed by atoms with E-state index in [-0.39, 0.29) is 11.2 Å². The highest BCUT2D eigenvalue weighted by molar-refractivity contribution is 7.80. The van der Waals surface area contributed by atoms with E-state index in [4.69, 9.17) is 26.4 Å². The van der Waals surface area contributed by atoms with Crippen LogP contribution >= 0.6 is 12.2 Å². The van der Waals surface area contributed by atoms with Gasteiger partial charge in [-0.2, -0.15) is 0 Å². The molecule has 0 N–H and O–H groups in total. The van der Waals surface area contributed by atoms with Crippen LogP contribution in [0.25, 0.3) is 0 Å². The largest absolute Gasteiger partial charge is 0.457 e. The molecule has 0 saturated heterocycles. The van der Waals surface area contributed by atoms with E-state index in [1.807, 2.05) is 24.3 Å². The maximum Gasteiger partial charge on any atom is 0.389 e. The number of thiocarbonyl (C=S) groups is 1. The Hall–Kier alpha value is -1.95. The van der Waals surface area contributed by atoms with Crippen LogP contribution in [0, 0.1) is 5.92 Å². The van der Waals surface area contributed by atoms with Gasteiger partial charge in [0.25, 0.3) is 0 Å². The van der Waals surface area contributed by atoms with E-state index in [0.29, 0.717) is 12.3 Å². The van der Waals surface area contributed by atoms with Gasteiger partial charge in [-0.3, -0.25) is 4.79 Å². The molecule has 2 atom stereocenters. The van der Waals surface area contributed by atoms with E-state index in [1.54, 1.807) is 27.7 Å². The number of esters is 2. The quantitative estimate of drug-likeness (QED) is 0.347. The van der Waals surface area contributed by atoms with Crippen molar-refractivity contribution in [3.05, 3.63) is 35.4 Å². The lowest BCUT2D eigenvalue weighted by atomic mass is 9.97. The van der Waals surface area contributed by atoms with E-state index < -0.39 is 24.1 Å². The first-order valence-corrected chi connectivity index (χ1v) is 9.74. The van der Waals surface area contributed by atoms with Gasteiger partial charge >= 0.3 is 18.2 Å². The van der Waals surface area contributed by atoms with Crippen molar-refractivity contribution in [1.82, 2.24) is 0 Å². The number of hydrogen-bond acceptors (Lipinski definition) is 6. The second kappa shape index (κ2) is 11.0. The number of rotatable bonds is 9. The van der Waals surface area contributed by atoms with Crippen LogP contribution in [0.1, 0.15) is 65.0 Å². The van der Waals surface area contributed by atoms with Gasteiger partial charge in [-0.05, 0) is 56.5 Å². The number of ether oxygens (including phenoxy) is 3. The van der Waals surface area contributed by atoms with Crippen molar-refractivity contribution in [2.45, 2.75) is 72.7 Å². The first-order valence-electron chi connectivity index (χ1n) is 9.33. The Morgan fingerprint density at radius 1 is 0.926 bits per heavy atom. The molecule has 27 heavy (non-hydrogen) atoms. The lowest BCUT2D eigenvalue weighted by molar-refractivity contribution is -0.191. The zero-order valence-electron chi connectivity index (χ0n) is 17.0. The lowest BCUT2D eigenvalue weighted by Gasteiger charge is -2.21. The maximum absolute atomic E-state index is 12.5. The molecule has 0 amide bonds. The van der Waals surface area contributed by atoms with Crippen molar-refractivity contribution in [2.24, 2.45) is 5.92 Å². The summed E-state index contributed by atoms with van der Waals surface area (Å²) in [5.74, 6) is -1.33. The molecular formula is C21H30O5S. The van der Waals surface area contributed by atoms with Gasteiger partial charge in [-0.15, -0.1) is 0 Å². The minimum Gasteiger partial charge on any atom is -0.457 e. The maximum atomic E-state index is 12.5. The van der Waals surface area contributed by atoms with Crippen LogP contribution < -0.4 is 0 Å². The van der Waals surface area contributed by atoms with E-state index in [0.717, 1.165) is 12.0 Å². The summed E-state index contributed by atoms with van der Waals surface area (Å²) in [7, 11) is 0. The Kier molecular flexibility index (Phi) is 9.43. The molecule has 0 radical (unpaired) electrons. The molecule has 0 saturated carbocycles. The number of carbonyl (C=O) groups excluding carboxylic acids is 2. The average molecular weight is 395 g/mol. The van der Waals surface area contributed by atoms with Crippen LogP contribution in [0.4, 0.5) is 0 Å². The van der Waals surface area contributed by atoms with Crippen molar-refractivity contribution >= 4 is 29.2 Å². The number of hydrogen-bond donors (Lipinski definition) is 0. The van der Waals surface area contributed by atoms with Crippen LogP contribution in [-0.2, 0) is 30.2 Å². The molecule has 0 aliphatic heterocycles. The Labute approximate surface area is 167 Å². The third-order valence-electron chi connectivity index (χ3n) is 3.77. The molecule has 0 aliphatic rings. The monoisotopic (exact) mass is 394 g/mol. The molecule has 0 bridgehead atoms. The number of carbonyl (C=O) groups is 2. The van der Waals surface area contributed by atoms with Crippen molar-refractivity contribution < 1.29 is 23.8 Å². The highest BCUT2D eigenvalue weighted by Crippen LogP contribution is 2.20. The second-order valence-corrected chi connectivity index (χ2v) is 7.61. The Morgan fingerprint density at radius 2 is 1.52 bits per heavy atom. The molecule has 6 heteroatoms. The topological polar surface area (TPSA) is 61.8 Å². The summed E-state index contributed by atoms with van der Waals surface area (Å²) in [5.41, 5.74) is 2.02. The Bertz CT molecular complexity index is 636. The third kappa shape index (κ3) is 8.08. The highest BCUT2D eigenvalue weighted by atomic mass is 32.1. The zero-order chi connectivity index (χ0) is 20.6. The van der Waals surface area contributed by atoms with Gasteiger partial charge in [-0.1, -0.05) is 45.0 Å². The van der Waals surface area contributed by atoms with Crippen LogP contribution in [0.15, 0.2) is 24.3 Å². The fourth-order valence-electron chi connectivity index (χ4n) is 2.37. The van der Waals surface area contributed by atoms with Crippen LogP contribution in [-0.4, -0.2) is 29.4 Å². The van der Waals surface area contributed by atoms with Gasteiger partial charge in [0.05, 0.1) is 12.0 Å². The summed E-state index contributed by atoms with van der Waals surface area (Å²) < 4.78 is 15.7. The smallest absolute Gasteiger partial charge is 0.389 e. The molecule has 0 aromatic heterocycles. The molecule has 0 fully saturated rings. The minimum atomic E-state index is -1.49. The molecule has 150 valence electrons. The Morgan fingerprint density at radius 3 is 2.00 bits per heavy atom. The van der Waals surface area contributed by atoms with E-state index >= 15 is 0 Å². The first-order chi connectivity index (χ1) is 12.6. The van der Waals surface area contributed by atoms with E-state index in [1.165, 1.54) is 5.56 Å². The lowest BCUT2D eigenvalue weighted by Crippen LogP contribution is -2.35. The highest BCUT2D eigenvalue weighted by Gasteiger charge is 2.30. The van der Waals surface area contributed by atoms with Crippen LogP contribution in [0.5, 0.6) is 0 Å². The molecule has 1 aromatic rings.